The molecule has 0 aliphatic carbocycles. The number of hydrogen-bond acceptors (Lipinski definition) is 2. The lowest BCUT2D eigenvalue weighted by molar-refractivity contribution is 0.414. The van der Waals surface area contributed by atoms with Crippen LogP contribution in [0.15, 0.2) is 41.1 Å². The maximum atomic E-state index is 11.2. The molecule has 0 aliphatic rings. The standard InChI is InChI=1S/C9H10O2S/c1-3-12(10)9-6-4-8(11-2)5-7-9/h3-7H,1H2,2H3. The van der Waals surface area contributed by atoms with Crippen molar-refractivity contribution in [2.75, 3.05) is 7.11 Å². The largest absolute Gasteiger partial charge is 0.497 e. The molecule has 0 amide bonds. The van der Waals surface area contributed by atoms with Crippen molar-refractivity contribution in [3.63, 3.8) is 0 Å². The van der Waals surface area contributed by atoms with Crippen molar-refractivity contribution < 1.29 is 8.95 Å². The number of ether oxygens (including phenoxy) is 1. The van der Waals surface area contributed by atoms with Gasteiger partial charge < -0.3 is 4.74 Å². The average Bonchev–Trinajstić information content (AvgIpc) is 2.17. The van der Waals surface area contributed by atoms with Crippen LogP contribution in [0.5, 0.6) is 5.75 Å². The van der Waals surface area contributed by atoms with E-state index in [-0.39, 0.29) is 0 Å². The van der Waals surface area contributed by atoms with Crippen LogP contribution in [0, 0.1) is 0 Å². The fourth-order valence-corrected chi connectivity index (χ4v) is 1.40. The van der Waals surface area contributed by atoms with Gasteiger partial charge in [0, 0.05) is 10.3 Å². The Bertz CT molecular complexity index is 290. The molecule has 0 saturated heterocycles. The Labute approximate surface area is 74.3 Å². The molecule has 0 bridgehead atoms. The van der Waals surface area contributed by atoms with Gasteiger partial charge in [-0.05, 0) is 24.3 Å². The molecule has 0 radical (unpaired) electrons. The first-order valence-electron chi connectivity index (χ1n) is 3.45. The van der Waals surface area contributed by atoms with Crippen LogP contribution in [0.3, 0.4) is 0 Å². The van der Waals surface area contributed by atoms with E-state index in [1.54, 1.807) is 31.4 Å². The van der Waals surface area contributed by atoms with Crippen molar-refractivity contribution in [1.29, 1.82) is 0 Å². The number of methoxy groups -OCH3 is 1. The van der Waals surface area contributed by atoms with E-state index in [0.717, 1.165) is 10.6 Å². The molecule has 0 N–H and O–H groups in total. The van der Waals surface area contributed by atoms with Gasteiger partial charge in [-0.15, -0.1) is 0 Å². The van der Waals surface area contributed by atoms with Crippen molar-refractivity contribution in [3.8, 4) is 5.75 Å². The average molecular weight is 182 g/mol. The molecule has 0 spiro atoms. The zero-order chi connectivity index (χ0) is 8.97. The highest BCUT2D eigenvalue weighted by atomic mass is 32.2. The summed E-state index contributed by atoms with van der Waals surface area (Å²) in [4.78, 5) is 0.741. The topological polar surface area (TPSA) is 26.3 Å². The van der Waals surface area contributed by atoms with E-state index in [9.17, 15) is 4.21 Å². The van der Waals surface area contributed by atoms with Gasteiger partial charge in [0.05, 0.1) is 17.9 Å². The molecular formula is C9H10O2S. The summed E-state index contributed by atoms with van der Waals surface area (Å²) in [5, 5.41) is 1.40. The maximum absolute atomic E-state index is 11.2. The van der Waals surface area contributed by atoms with Gasteiger partial charge in [0.15, 0.2) is 0 Å². The first kappa shape index (κ1) is 9.00. The third-order valence-corrected chi connectivity index (χ3v) is 2.48. The summed E-state index contributed by atoms with van der Waals surface area (Å²) in [5.41, 5.74) is 0. The third-order valence-electron chi connectivity index (χ3n) is 1.44. The first-order chi connectivity index (χ1) is 5.77. The lowest BCUT2D eigenvalue weighted by Crippen LogP contribution is -1.86. The fourth-order valence-electron chi connectivity index (χ4n) is 0.806. The second-order valence-electron chi connectivity index (χ2n) is 2.14. The molecule has 0 aromatic heterocycles. The van der Waals surface area contributed by atoms with Gasteiger partial charge in [0.25, 0.3) is 0 Å². The quantitative estimate of drug-likeness (QED) is 0.714. The Morgan fingerprint density at radius 3 is 2.42 bits per heavy atom. The second-order valence-corrected chi connectivity index (χ2v) is 3.54. The molecule has 1 atom stereocenters. The summed E-state index contributed by atoms with van der Waals surface area (Å²) in [6, 6.07) is 7.07. The van der Waals surface area contributed by atoms with Crippen LogP contribution in [0.4, 0.5) is 0 Å². The highest BCUT2D eigenvalue weighted by Gasteiger charge is 1.97. The second kappa shape index (κ2) is 4.07. The molecule has 0 heterocycles. The van der Waals surface area contributed by atoms with Gasteiger partial charge in [-0.25, -0.2) is 4.21 Å². The van der Waals surface area contributed by atoms with E-state index in [1.807, 2.05) is 0 Å². The summed E-state index contributed by atoms with van der Waals surface area (Å²) in [7, 11) is 0.504. The Morgan fingerprint density at radius 1 is 1.42 bits per heavy atom. The van der Waals surface area contributed by atoms with Gasteiger partial charge in [0.2, 0.25) is 0 Å². The van der Waals surface area contributed by atoms with Gasteiger partial charge in [-0.1, -0.05) is 6.58 Å². The minimum Gasteiger partial charge on any atom is -0.497 e. The van der Waals surface area contributed by atoms with Gasteiger partial charge >= 0.3 is 0 Å². The smallest absolute Gasteiger partial charge is 0.118 e. The molecule has 12 heavy (non-hydrogen) atoms. The van der Waals surface area contributed by atoms with Crippen LogP contribution in [-0.2, 0) is 10.8 Å². The summed E-state index contributed by atoms with van der Waals surface area (Å²) in [6.07, 6.45) is 0. The highest BCUT2D eigenvalue weighted by molar-refractivity contribution is 7.88. The SMILES string of the molecule is C=CS(=O)c1ccc(OC)cc1. The number of benzene rings is 1. The molecule has 1 aromatic rings. The summed E-state index contributed by atoms with van der Waals surface area (Å²) >= 11 is 0. The fraction of sp³-hybridized carbons (Fsp3) is 0.111. The lowest BCUT2D eigenvalue weighted by atomic mass is 10.3. The monoisotopic (exact) mass is 182 g/mol. The van der Waals surface area contributed by atoms with Crippen LogP contribution in [-0.4, -0.2) is 11.3 Å². The van der Waals surface area contributed by atoms with E-state index in [1.165, 1.54) is 5.41 Å². The predicted octanol–water partition coefficient (Wildman–Crippen LogP) is 1.95. The Kier molecular flexibility index (Phi) is 3.05. The highest BCUT2D eigenvalue weighted by Crippen LogP contribution is 2.14. The van der Waals surface area contributed by atoms with Crippen molar-refractivity contribution in [1.82, 2.24) is 0 Å². The van der Waals surface area contributed by atoms with E-state index in [4.69, 9.17) is 4.74 Å². The normalized spacial score (nSPS) is 12.1. The van der Waals surface area contributed by atoms with Crippen molar-refractivity contribution >= 4 is 10.8 Å². The van der Waals surface area contributed by atoms with E-state index < -0.39 is 10.8 Å². The number of hydrogen-bond donors (Lipinski definition) is 0. The Balaban J connectivity index is 2.91. The molecule has 3 heteroatoms. The van der Waals surface area contributed by atoms with E-state index in [0.29, 0.717) is 0 Å². The molecule has 1 aromatic carbocycles. The third kappa shape index (κ3) is 1.95. The summed E-state index contributed by atoms with van der Waals surface area (Å²) < 4.78 is 16.1. The molecular weight excluding hydrogens is 172 g/mol. The molecule has 1 unspecified atom stereocenters. The zero-order valence-corrected chi connectivity index (χ0v) is 7.64. The molecule has 0 fully saturated rings. The lowest BCUT2D eigenvalue weighted by Gasteiger charge is -1.99. The predicted molar refractivity (Wildman–Crippen MR) is 49.6 cm³/mol. The van der Waals surface area contributed by atoms with Crippen LogP contribution in [0.2, 0.25) is 0 Å². The van der Waals surface area contributed by atoms with Crippen molar-refractivity contribution in [3.05, 3.63) is 36.3 Å². The Hall–Kier alpha value is -1.09. The zero-order valence-electron chi connectivity index (χ0n) is 6.82. The van der Waals surface area contributed by atoms with E-state index >= 15 is 0 Å². The molecule has 0 aliphatic heterocycles. The van der Waals surface area contributed by atoms with Gasteiger partial charge in [-0.3, -0.25) is 0 Å². The van der Waals surface area contributed by atoms with Crippen molar-refractivity contribution in [2.24, 2.45) is 0 Å². The van der Waals surface area contributed by atoms with Crippen LogP contribution in [0.1, 0.15) is 0 Å². The van der Waals surface area contributed by atoms with E-state index in [2.05, 4.69) is 6.58 Å². The summed E-state index contributed by atoms with van der Waals surface area (Å²) in [5.74, 6) is 0.764. The molecule has 0 saturated carbocycles. The molecule has 2 nitrogen and oxygen atoms in total. The minimum atomic E-state index is -1.09. The first-order valence-corrected chi connectivity index (χ1v) is 4.66. The van der Waals surface area contributed by atoms with Gasteiger partial charge in [0.1, 0.15) is 5.75 Å². The summed E-state index contributed by atoms with van der Waals surface area (Å²) in [6.45, 7) is 3.45. The Morgan fingerprint density at radius 2 is 2.00 bits per heavy atom. The minimum absolute atomic E-state index is 0.741. The maximum Gasteiger partial charge on any atom is 0.118 e. The van der Waals surface area contributed by atoms with Crippen LogP contribution < -0.4 is 4.74 Å². The van der Waals surface area contributed by atoms with Crippen molar-refractivity contribution in [2.45, 2.75) is 4.90 Å². The number of rotatable bonds is 3. The van der Waals surface area contributed by atoms with Crippen LogP contribution in [0.25, 0.3) is 0 Å². The molecule has 1 rings (SSSR count). The van der Waals surface area contributed by atoms with Crippen LogP contribution >= 0.6 is 0 Å². The molecule has 64 valence electrons. The van der Waals surface area contributed by atoms with Gasteiger partial charge in [-0.2, -0.15) is 0 Å².